The monoisotopic (exact) mass is 512 g/mol. The first-order valence-corrected chi connectivity index (χ1v) is 13.6. The number of aromatic nitrogens is 1. The molecule has 40 heavy (non-hydrogen) atoms. The number of fused-ring (bicyclic) bond motifs is 3. The molecular weight excluding hydrogens is 484 g/mol. The third kappa shape index (κ3) is 3.80. The Labute approximate surface area is 235 Å². The molecule has 2 heteroatoms. The summed E-state index contributed by atoms with van der Waals surface area (Å²) >= 11 is 0. The summed E-state index contributed by atoms with van der Waals surface area (Å²) in [7, 11) is 0. The summed E-state index contributed by atoms with van der Waals surface area (Å²) in [5.41, 5.74) is 13.2. The van der Waals surface area contributed by atoms with Crippen LogP contribution in [-0.4, -0.2) is 11.7 Å². The van der Waals surface area contributed by atoms with Crippen LogP contribution in [0.1, 0.15) is 27.8 Å². The summed E-state index contributed by atoms with van der Waals surface area (Å²) in [5, 5.41) is 0. The molecule has 1 atom stereocenters. The maximum absolute atomic E-state index is 4.35. The topological polar surface area (TPSA) is 25.2 Å². The Hall–Kier alpha value is -5.08. The van der Waals surface area contributed by atoms with Crippen molar-refractivity contribution in [2.24, 2.45) is 4.99 Å². The lowest BCUT2D eigenvalue weighted by Crippen LogP contribution is -2.28. The molecule has 5 aromatic carbocycles. The van der Waals surface area contributed by atoms with Crippen LogP contribution in [-0.2, 0) is 12.0 Å². The van der Waals surface area contributed by atoms with E-state index < -0.39 is 5.41 Å². The molecule has 0 radical (unpaired) electrons. The molecule has 0 N–H and O–H groups in total. The molecule has 6 aromatic rings. The van der Waals surface area contributed by atoms with Crippen LogP contribution in [0.3, 0.4) is 0 Å². The van der Waals surface area contributed by atoms with Gasteiger partial charge in [0.1, 0.15) is 0 Å². The van der Waals surface area contributed by atoms with Gasteiger partial charge >= 0.3 is 0 Å². The predicted octanol–water partition coefficient (Wildman–Crippen LogP) is 8.98. The maximum Gasteiger partial charge on any atom is 0.0714 e. The van der Waals surface area contributed by atoms with Gasteiger partial charge in [-0.2, -0.15) is 0 Å². The first-order chi connectivity index (χ1) is 19.8. The Morgan fingerprint density at radius 1 is 0.525 bits per heavy atom. The standard InChI is InChI=1S/C38H28N2/c1-39-26-27-9-7-10-28(23-27)29-11-8-12-30(24-29)31-17-18-37-35(25-31)34-15-5-6-16-36(34)38(37,32-13-3-2-4-14-32)33-19-21-40-22-20-33/h2-25H,1,26H2. The summed E-state index contributed by atoms with van der Waals surface area (Å²) in [6.07, 6.45) is 3.81. The van der Waals surface area contributed by atoms with Gasteiger partial charge in [-0.15, -0.1) is 0 Å². The van der Waals surface area contributed by atoms with Crippen molar-refractivity contribution < 1.29 is 0 Å². The second-order valence-corrected chi connectivity index (χ2v) is 10.3. The van der Waals surface area contributed by atoms with Gasteiger partial charge in [0.05, 0.1) is 12.0 Å². The number of aliphatic imine (C=N–C) groups is 1. The number of rotatable bonds is 6. The molecule has 1 heterocycles. The van der Waals surface area contributed by atoms with Gasteiger partial charge < -0.3 is 0 Å². The Morgan fingerprint density at radius 3 is 1.93 bits per heavy atom. The number of benzene rings is 5. The molecule has 0 aliphatic heterocycles. The zero-order valence-electron chi connectivity index (χ0n) is 22.2. The normalized spacial score (nSPS) is 15.3. The van der Waals surface area contributed by atoms with E-state index >= 15 is 0 Å². The van der Waals surface area contributed by atoms with Crippen molar-refractivity contribution in [3.8, 4) is 33.4 Å². The van der Waals surface area contributed by atoms with Crippen LogP contribution < -0.4 is 0 Å². The SMILES string of the molecule is C=NCc1cccc(-c2cccc(-c3ccc4c(c3)-c3ccccc3C4(c3ccccc3)c3ccncc3)c2)c1. The fourth-order valence-electron chi connectivity index (χ4n) is 6.40. The third-order valence-corrected chi connectivity index (χ3v) is 8.12. The van der Waals surface area contributed by atoms with E-state index in [0.29, 0.717) is 6.54 Å². The molecule has 190 valence electrons. The summed E-state index contributed by atoms with van der Waals surface area (Å²) < 4.78 is 0. The molecule has 0 saturated heterocycles. The van der Waals surface area contributed by atoms with E-state index in [1.165, 1.54) is 61.2 Å². The van der Waals surface area contributed by atoms with E-state index in [2.05, 4.69) is 150 Å². The summed E-state index contributed by atoms with van der Waals surface area (Å²) in [6.45, 7) is 4.28. The highest BCUT2D eigenvalue weighted by Crippen LogP contribution is 2.56. The van der Waals surface area contributed by atoms with Crippen molar-refractivity contribution in [1.29, 1.82) is 0 Å². The van der Waals surface area contributed by atoms with Gasteiger partial charge in [-0.05, 0) is 98.2 Å². The molecule has 1 aliphatic rings. The summed E-state index contributed by atoms with van der Waals surface area (Å²) in [5.74, 6) is 0. The van der Waals surface area contributed by atoms with Crippen molar-refractivity contribution in [1.82, 2.24) is 4.98 Å². The fraction of sp³-hybridized carbons (Fsp3) is 0.0526. The minimum atomic E-state index is -0.407. The van der Waals surface area contributed by atoms with E-state index in [4.69, 9.17) is 0 Å². The van der Waals surface area contributed by atoms with E-state index in [9.17, 15) is 0 Å². The smallest absolute Gasteiger partial charge is 0.0714 e. The molecule has 2 nitrogen and oxygen atoms in total. The van der Waals surface area contributed by atoms with Gasteiger partial charge in [-0.25, -0.2) is 0 Å². The van der Waals surface area contributed by atoms with Gasteiger partial charge in [0, 0.05) is 12.4 Å². The van der Waals surface area contributed by atoms with Crippen molar-refractivity contribution in [3.05, 3.63) is 174 Å². The average Bonchev–Trinajstić information content (AvgIpc) is 3.33. The van der Waals surface area contributed by atoms with Crippen LogP contribution in [0.2, 0.25) is 0 Å². The zero-order chi connectivity index (χ0) is 26.9. The van der Waals surface area contributed by atoms with Crippen molar-refractivity contribution in [3.63, 3.8) is 0 Å². The van der Waals surface area contributed by atoms with E-state index in [0.717, 1.165) is 0 Å². The van der Waals surface area contributed by atoms with Crippen molar-refractivity contribution in [2.75, 3.05) is 0 Å². The molecular formula is C38H28N2. The van der Waals surface area contributed by atoms with Crippen LogP contribution in [0.4, 0.5) is 0 Å². The van der Waals surface area contributed by atoms with E-state index in [-0.39, 0.29) is 0 Å². The highest BCUT2D eigenvalue weighted by molar-refractivity contribution is 5.89. The Kier molecular flexibility index (Phi) is 5.94. The molecule has 0 spiro atoms. The van der Waals surface area contributed by atoms with Gasteiger partial charge in [0.15, 0.2) is 0 Å². The van der Waals surface area contributed by atoms with Crippen LogP contribution in [0.25, 0.3) is 33.4 Å². The number of hydrogen-bond donors (Lipinski definition) is 0. The lowest BCUT2D eigenvalue weighted by Gasteiger charge is -2.33. The second-order valence-electron chi connectivity index (χ2n) is 10.3. The van der Waals surface area contributed by atoms with Crippen LogP contribution in [0, 0.1) is 0 Å². The maximum atomic E-state index is 4.35. The lowest BCUT2D eigenvalue weighted by molar-refractivity contribution is 0.766. The summed E-state index contributed by atoms with van der Waals surface area (Å²) in [4.78, 5) is 8.41. The average molecular weight is 513 g/mol. The minimum Gasteiger partial charge on any atom is -0.296 e. The van der Waals surface area contributed by atoms with Gasteiger partial charge in [-0.3, -0.25) is 9.98 Å². The first kappa shape index (κ1) is 24.0. The molecule has 1 unspecified atom stereocenters. The zero-order valence-corrected chi connectivity index (χ0v) is 22.2. The van der Waals surface area contributed by atoms with Gasteiger partial charge in [-0.1, -0.05) is 103 Å². The van der Waals surface area contributed by atoms with Crippen molar-refractivity contribution in [2.45, 2.75) is 12.0 Å². The quantitative estimate of drug-likeness (QED) is 0.204. The molecule has 1 aromatic heterocycles. The lowest BCUT2D eigenvalue weighted by atomic mass is 9.68. The second kappa shape index (κ2) is 9.91. The summed E-state index contributed by atoms with van der Waals surface area (Å²) in [6, 6.07) is 48.4. The highest BCUT2D eigenvalue weighted by Gasteiger charge is 2.45. The molecule has 0 fully saturated rings. The number of pyridine rings is 1. The number of hydrogen-bond acceptors (Lipinski definition) is 2. The Balaban J connectivity index is 1.42. The molecule has 1 aliphatic carbocycles. The van der Waals surface area contributed by atoms with Gasteiger partial charge in [0.2, 0.25) is 0 Å². The van der Waals surface area contributed by atoms with Crippen molar-refractivity contribution >= 4 is 6.72 Å². The van der Waals surface area contributed by atoms with E-state index in [1.54, 1.807) is 0 Å². The molecule has 0 amide bonds. The molecule has 0 saturated carbocycles. The fourth-order valence-corrected chi connectivity index (χ4v) is 6.40. The van der Waals surface area contributed by atoms with Crippen LogP contribution >= 0.6 is 0 Å². The van der Waals surface area contributed by atoms with E-state index in [1.807, 2.05) is 12.4 Å². The van der Waals surface area contributed by atoms with Crippen LogP contribution in [0.15, 0.2) is 151 Å². The third-order valence-electron chi connectivity index (χ3n) is 8.12. The molecule has 0 bridgehead atoms. The first-order valence-electron chi connectivity index (χ1n) is 13.6. The van der Waals surface area contributed by atoms with Crippen LogP contribution in [0.5, 0.6) is 0 Å². The highest BCUT2D eigenvalue weighted by atomic mass is 14.7. The predicted molar refractivity (Wildman–Crippen MR) is 166 cm³/mol. The largest absolute Gasteiger partial charge is 0.296 e. The Bertz CT molecular complexity index is 1800. The minimum absolute atomic E-state index is 0.407. The molecule has 7 rings (SSSR count). The Morgan fingerprint density at radius 2 is 1.15 bits per heavy atom. The van der Waals surface area contributed by atoms with Gasteiger partial charge in [0.25, 0.3) is 0 Å². The number of nitrogens with zero attached hydrogens (tertiary/aromatic N) is 2.